The van der Waals surface area contributed by atoms with Crippen LogP contribution in [0, 0.1) is 6.42 Å². The highest BCUT2D eigenvalue weighted by molar-refractivity contribution is 5.08. The zero-order valence-corrected chi connectivity index (χ0v) is 4.63. The summed E-state index contributed by atoms with van der Waals surface area (Å²) in [5, 5.41) is 0. The van der Waals surface area contributed by atoms with Gasteiger partial charge in [-0.2, -0.15) is 0 Å². The highest BCUT2D eigenvalue weighted by atomic mass is 16.5. The molecule has 0 N–H and O–H groups in total. The fourth-order valence-corrected chi connectivity index (χ4v) is 1.16. The second kappa shape index (κ2) is 1.59. The monoisotopic (exact) mass is 108 g/mol. The number of hydrogen-bond donors (Lipinski definition) is 0. The van der Waals surface area contributed by atoms with Gasteiger partial charge in [-0.05, 0) is 19.3 Å². The summed E-state index contributed by atoms with van der Waals surface area (Å²) in [7, 11) is 0. The Bertz CT molecular complexity index is 106. The molecule has 2 bridgehead atoms. The third-order valence-corrected chi connectivity index (χ3v) is 1.58. The lowest BCUT2D eigenvalue weighted by molar-refractivity contribution is 0.0391. The van der Waals surface area contributed by atoms with Gasteiger partial charge in [0, 0.05) is 0 Å². The van der Waals surface area contributed by atoms with E-state index in [9.17, 15) is 0 Å². The first kappa shape index (κ1) is 4.57. The first-order valence-corrected chi connectivity index (χ1v) is 3.00. The van der Waals surface area contributed by atoms with Crippen molar-refractivity contribution in [2.75, 3.05) is 0 Å². The summed E-state index contributed by atoms with van der Waals surface area (Å²) in [6.45, 7) is 0. The largest absolute Gasteiger partial charge is 0.367 e. The highest BCUT2D eigenvalue weighted by Gasteiger charge is 2.23. The predicted octanol–water partition coefficient (Wildman–Crippen LogP) is 1.19. The van der Waals surface area contributed by atoms with Gasteiger partial charge in [0.25, 0.3) is 0 Å². The maximum absolute atomic E-state index is 5.42. The van der Waals surface area contributed by atoms with E-state index in [-0.39, 0.29) is 0 Å². The van der Waals surface area contributed by atoms with E-state index in [1.165, 1.54) is 0 Å². The van der Waals surface area contributed by atoms with E-state index in [1.807, 2.05) is 0 Å². The van der Waals surface area contributed by atoms with E-state index in [1.54, 1.807) is 0 Å². The molecule has 0 aromatic heterocycles. The Morgan fingerprint density at radius 3 is 2.38 bits per heavy atom. The van der Waals surface area contributed by atoms with E-state index in [4.69, 9.17) is 4.74 Å². The van der Waals surface area contributed by atoms with Gasteiger partial charge in [0.2, 0.25) is 0 Å². The summed E-state index contributed by atoms with van der Waals surface area (Å²) in [6, 6.07) is 0. The van der Waals surface area contributed by atoms with E-state index in [0.717, 1.165) is 12.8 Å². The van der Waals surface area contributed by atoms with Crippen molar-refractivity contribution >= 4 is 0 Å². The van der Waals surface area contributed by atoms with Crippen LogP contribution in [0.25, 0.3) is 0 Å². The molecule has 2 atom stereocenters. The van der Waals surface area contributed by atoms with Gasteiger partial charge in [-0.3, -0.25) is 0 Å². The minimum atomic E-state index is 0.369. The molecular weight excluding hydrogens is 100 g/mol. The maximum Gasteiger partial charge on any atom is 0.0770 e. The molecule has 42 valence electrons. The number of ether oxygens (including phenoxy) is 1. The average molecular weight is 108 g/mol. The van der Waals surface area contributed by atoms with Crippen molar-refractivity contribution in [2.45, 2.75) is 25.0 Å². The summed E-state index contributed by atoms with van der Waals surface area (Å²) in [6.07, 6.45) is 10.2. The van der Waals surface area contributed by atoms with Gasteiger partial charge >= 0.3 is 0 Å². The minimum Gasteiger partial charge on any atom is -0.367 e. The van der Waals surface area contributed by atoms with Gasteiger partial charge in [-0.15, -0.1) is 0 Å². The van der Waals surface area contributed by atoms with Crippen LogP contribution in [0.15, 0.2) is 12.2 Å². The highest BCUT2D eigenvalue weighted by Crippen LogP contribution is 2.25. The lowest BCUT2D eigenvalue weighted by atomic mass is 10.1. The van der Waals surface area contributed by atoms with Crippen molar-refractivity contribution in [3.63, 3.8) is 0 Å². The van der Waals surface area contributed by atoms with Gasteiger partial charge in [0.15, 0.2) is 0 Å². The fraction of sp³-hybridized carbons (Fsp3) is 0.571. The molecule has 2 heterocycles. The molecule has 0 spiro atoms. The predicted molar refractivity (Wildman–Crippen MR) is 30.3 cm³/mol. The van der Waals surface area contributed by atoms with Crippen molar-refractivity contribution in [3.05, 3.63) is 18.6 Å². The van der Waals surface area contributed by atoms with E-state index >= 15 is 0 Å². The van der Waals surface area contributed by atoms with E-state index in [2.05, 4.69) is 18.6 Å². The van der Waals surface area contributed by atoms with Crippen LogP contribution >= 0.6 is 0 Å². The molecule has 2 aliphatic heterocycles. The first-order valence-electron chi connectivity index (χ1n) is 3.00. The third kappa shape index (κ3) is 0.583. The molecule has 2 rings (SSSR count). The standard InChI is InChI=1S/C7H8O/c1-2-6-4-5-7(3-1)8-6/h4-7H,2-3H2. The SMILES string of the molecule is [C]1CC2C=CC(C1)O2. The Hall–Kier alpha value is -0.300. The second-order valence-corrected chi connectivity index (χ2v) is 2.26. The summed E-state index contributed by atoms with van der Waals surface area (Å²) in [4.78, 5) is 0. The summed E-state index contributed by atoms with van der Waals surface area (Å²) < 4.78 is 5.42. The van der Waals surface area contributed by atoms with Crippen LogP contribution in [0.2, 0.25) is 0 Å². The molecule has 8 heavy (non-hydrogen) atoms. The molecule has 2 unspecified atom stereocenters. The molecule has 2 radical (unpaired) electrons. The molecule has 1 fully saturated rings. The van der Waals surface area contributed by atoms with Crippen LogP contribution in [-0.4, -0.2) is 12.2 Å². The Kier molecular flexibility index (Phi) is 0.908. The Labute approximate surface area is 49.3 Å². The quantitative estimate of drug-likeness (QED) is 0.423. The number of fused-ring (bicyclic) bond motifs is 2. The molecule has 1 nitrogen and oxygen atoms in total. The topological polar surface area (TPSA) is 9.23 Å². The first-order chi connectivity index (χ1) is 3.95. The van der Waals surface area contributed by atoms with Crippen LogP contribution in [0.1, 0.15) is 12.8 Å². The van der Waals surface area contributed by atoms with Gasteiger partial charge in [-0.25, -0.2) is 0 Å². The van der Waals surface area contributed by atoms with Crippen molar-refractivity contribution in [1.82, 2.24) is 0 Å². The van der Waals surface area contributed by atoms with E-state index < -0.39 is 0 Å². The summed E-state index contributed by atoms with van der Waals surface area (Å²) in [5.41, 5.74) is 0. The number of rotatable bonds is 0. The molecule has 2 aliphatic rings. The molecular formula is C7H8O. The molecule has 0 saturated carbocycles. The van der Waals surface area contributed by atoms with Gasteiger partial charge in [0.05, 0.1) is 12.2 Å². The molecule has 0 aromatic carbocycles. The molecule has 0 aromatic rings. The molecule has 0 aliphatic carbocycles. The number of hydrogen-bond acceptors (Lipinski definition) is 1. The normalized spacial score (nSPS) is 43.0. The fourth-order valence-electron chi connectivity index (χ4n) is 1.16. The summed E-state index contributed by atoms with van der Waals surface area (Å²) >= 11 is 0. The lowest BCUT2D eigenvalue weighted by Gasteiger charge is -2.18. The average Bonchev–Trinajstić information content (AvgIpc) is 2.12. The van der Waals surface area contributed by atoms with Crippen LogP contribution in [0.3, 0.4) is 0 Å². The summed E-state index contributed by atoms with van der Waals surface area (Å²) in [5.74, 6) is 0. The van der Waals surface area contributed by atoms with Gasteiger partial charge in [-0.1, -0.05) is 12.2 Å². The van der Waals surface area contributed by atoms with Crippen molar-refractivity contribution in [1.29, 1.82) is 0 Å². The van der Waals surface area contributed by atoms with Gasteiger partial charge < -0.3 is 4.74 Å². The van der Waals surface area contributed by atoms with Crippen LogP contribution in [-0.2, 0) is 4.74 Å². The van der Waals surface area contributed by atoms with Crippen molar-refractivity contribution in [3.8, 4) is 0 Å². The molecule has 1 heteroatoms. The minimum absolute atomic E-state index is 0.369. The Balaban J connectivity index is 2.13. The van der Waals surface area contributed by atoms with E-state index in [0.29, 0.717) is 12.2 Å². The lowest BCUT2D eigenvalue weighted by Crippen LogP contribution is -2.18. The zero-order valence-electron chi connectivity index (χ0n) is 4.63. The van der Waals surface area contributed by atoms with Crippen molar-refractivity contribution in [2.24, 2.45) is 0 Å². The van der Waals surface area contributed by atoms with Gasteiger partial charge in [0.1, 0.15) is 0 Å². The van der Waals surface area contributed by atoms with Crippen molar-refractivity contribution < 1.29 is 4.74 Å². The van der Waals surface area contributed by atoms with Crippen LogP contribution < -0.4 is 0 Å². The smallest absolute Gasteiger partial charge is 0.0770 e. The zero-order chi connectivity index (χ0) is 5.40. The Morgan fingerprint density at radius 2 is 1.88 bits per heavy atom. The third-order valence-electron chi connectivity index (χ3n) is 1.58. The second-order valence-electron chi connectivity index (χ2n) is 2.26. The van der Waals surface area contributed by atoms with Crippen LogP contribution in [0.5, 0.6) is 0 Å². The Morgan fingerprint density at radius 1 is 1.25 bits per heavy atom. The molecule has 1 saturated heterocycles. The maximum atomic E-state index is 5.42. The molecule has 0 amide bonds. The van der Waals surface area contributed by atoms with Crippen LogP contribution in [0.4, 0.5) is 0 Å².